The van der Waals surface area contributed by atoms with Crippen LogP contribution in [0, 0.1) is 6.92 Å². The van der Waals surface area contributed by atoms with E-state index in [9.17, 15) is 4.79 Å². The number of amides is 1. The molecular formula is C18H17ClN4O2. The molecule has 0 spiro atoms. The van der Waals surface area contributed by atoms with Gasteiger partial charge in [0, 0.05) is 17.5 Å². The summed E-state index contributed by atoms with van der Waals surface area (Å²) in [4.78, 5) is 21.2. The number of benzene rings is 1. The molecule has 1 aromatic carbocycles. The number of halogens is 1. The Hall–Kier alpha value is -2.73. The fourth-order valence-electron chi connectivity index (χ4n) is 2.30. The number of carbonyl (C=O) groups excluding carboxylic acids is 1. The molecule has 0 aliphatic heterocycles. The number of aromatic nitrogens is 3. The normalized spacial score (nSPS) is 11.4. The van der Waals surface area contributed by atoms with Crippen LogP contribution in [0.3, 0.4) is 0 Å². The lowest BCUT2D eigenvalue weighted by atomic mass is 10.0. The molecule has 2 heterocycles. The summed E-state index contributed by atoms with van der Waals surface area (Å²) in [5.41, 5.74) is 1.10. The Morgan fingerprint density at radius 2 is 1.84 bits per heavy atom. The van der Waals surface area contributed by atoms with Gasteiger partial charge in [0.1, 0.15) is 5.69 Å². The maximum absolute atomic E-state index is 12.6. The lowest BCUT2D eigenvalue weighted by Crippen LogP contribution is -2.42. The van der Waals surface area contributed by atoms with Gasteiger partial charge in [-0.1, -0.05) is 35.0 Å². The van der Waals surface area contributed by atoms with Crippen molar-refractivity contribution in [3.63, 3.8) is 0 Å². The molecule has 128 valence electrons. The van der Waals surface area contributed by atoms with E-state index >= 15 is 0 Å². The first-order valence-electron chi connectivity index (χ1n) is 7.71. The van der Waals surface area contributed by atoms with Gasteiger partial charge < -0.3 is 9.84 Å². The van der Waals surface area contributed by atoms with Crippen LogP contribution in [0.25, 0.3) is 11.3 Å². The van der Waals surface area contributed by atoms with Crippen molar-refractivity contribution in [1.82, 2.24) is 20.4 Å². The number of hydrogen-bond donors (Lipinski definition) is 1. The fraction of sp³-hybridized carbons (Fsp3) is 0.222. The third kappa shape index (κ3) is 3.85. The molecule has 6 nitrogen and oxygen atoms in total. The molecule has 3 aromatic rings. The van der Waals surface area contributed by atoms with Gasteiger partial charge in [-0.25, -0.2) is 4.98 Å². The molecule has 0 bridgehead atoms. The van der Waals surface area contributed by atoms with Crippen LogP contribution in [0.1, 0.15) is 36.1 Å². The minimum Gasteiger partial charge on any atom is -0.340 e. The standard InChI is InChI=1S/C18H17ClN4O2/c1-11-20-17(23-25-11)18(2,3)22-16(24)15-6-4-5-14(21-15)12-7-9-13(19)10-8-12/h4-10H,1-3H3,(H,22,24). The Labute approximate surface area is 150 Å². The van der Waals surface area contributed by atoms with Crippen LogP contribution in [0.4, 0.5) is 0 Å². The Morgan fingerprint density at radius 1 is 1.12 bits per heavy atom. The second kappa shape index (κ2) is 6.64. The number of rotatable bonds is 4. The Kier molecular flexibility index (Phi) is 4.55. The summed E-state index contributed by atoms with van der Waals surface area (Å²) in [5, 5.41) is 7.40. The van der Waals surface area contributed by atoms with Crippen LogP contribution in [0.2, 0.25) is 5.02 Å². The molecule has 0 fully saturated rings. The van der Waals surface area contributed by atoms with Gasteiger partial charge in [0.2, 0.25) is 5.89 Å². The van der Waals surface area contributed by atoms with E-state index in [-0.39, 0.29) is 5.91 Å². The van der Waals surface area contributed by atoms with Crippen LogP contribution >= 0.6 is 11.6 Å². The molecule has 0 aliphatic carbocycles. The Balaban J connectivity index is 1.83. The SMILES string of the molecule is Cc1nc(C(C)(C)NC(=O)c2cccc(-c3ccc(Cl)cc3)n2)no1. The van der Waals surface area contributed by atoms with E-state index in [2.05, 4.69) is 20.4 Å². The van der Waals surface area contributed by atoms with Crippen molar-refractivity contribution in [3.8, 4) is 11.3 Å². The minimum atomic E-state index is -0.785. The van der Waals surface area contributed by atoms with Gasteiger partial charge in [-0.15, -0.1) is 0 Å². The van der Waals surface area contributed by atoms with Gasteiger partial charge in [0.25, 0.3) is 5.91 Å². The Morgan fingerprint density at radius 3 is 2.48 bits per heavy atom. The Bertz CT molecular complexity index is 903. The fourth-order valence-corrected chi connectivity index (χ4v) is 2.43. The molecule has 3 rings (SSSR count). The number of nitrogens with zero attached hydrogens (tertiary/aromatic N) is 3. The molecule has 1 N–H and O–H groups in total. The third-order valence-corrected chi connectivity index (χ3v) is 3.89. The number of nitrogens with one attached hydrogen (secondary N) is 1. The molecule has 0 radical (unpaired) electrons. The predicted octanol–water partition coefficient (Wildman–Crippen LogP) is 3.76. The quantitative estimate of drug-likeness (QED) is 0.769. The van der Waals surface area contributed by atoms with Gasteiger partial charge in [0.05, 0.1) is 11.2 Å². The first kappa shape index (κ1) is 17.1. The summed E-state index contributed by atoms with van der Waals surface area (Å²) in [6.45, 7) is 5.31. The zero-order valence-electron chi connectivity index (χ0n) is 14.1. The van der Waals surface area contributed by atoms with E-state index in [1.165, 1.54) is 0 Å². The van der Waals surface area contributed by atoms with Crippen LogP contribution in [-0.2, 0) is 5.54 Å². The molecule has 2 aromatic heterocycles. The van der Waals surface area contributed by atoms with Crippen molar-refractivity contribution in [2.45, 2.75) is 26.3 Å². The van der Waals surface area contributed by atoms with Crippen molar-refractivity contribution in [2.75, 3.05) is 0 Å². The highest BCUT2D eigenvalue weighted by Crippen LogP contribution is 2.21. The summed E-state index contributed by atoms with van der Waals surface area (Å²) < 4.78 is 4.99. The van der Waals surface area contributed by atoms with Crippen LogP contribution in [-0.4, -0.2) is 21.0 Å². The largest absolute Gasteiger partial charge is 0.340 e. The second-order valence-corrected chi connectivity index (χ2v) is 6.57. The summed E-state index contributed by atoms with van der Waals surface area (Å²) in [7, 11) is 0. The van der Waals surface area contributed by atoms with Gasteiger partial charge >= 0.3 is 0 Å². The van der Waals surface area contributed by atoms with E-state index < -0.39 is 5.54 Å². The highest BCUT2D eigenvalue weighted by molar-refractivity contribution is 6.30. The van der Waals surface area contributed by atoms with Gasteiger partial charge in [-0.3, -0.25) is 4.79 Å². The molecule has 0 atom stereocenters. The van der Waals surface area contributed by atoms with E-state index in [4.69, 9.17) is 16.1 Å². The number of hydrogen-bond acceptors (Lipinski definition) is 5. The first-order valence-corrected chi connectivity index (χ1v) is 8.09. The monoisotopic (exact) mass is 356 g/mol. The van der Waals surface area contributed by atoms with Crippen molar-refractivity contribution in [2.24, 2.45) is 0 Å². The van der Waals surface area contributed by atoms with Crippen LogP contribution in [0.5, 0.6) is 0 Å². The molecule has 0 saturated carbocycles. The van der Waals surface area contributed by atoms with Crippen LogP contribution in [0.15, 0.2) is 47.0 Å². The third-order valence-electron chi connectivity index (χ3n) is 3.63. The highest BCUT2D eigenvalue weighted by atomic mass is 35.5. The van der Waals surface area contributed by atoms with Crippen molar-refractivity contribution < 1.29 is 9.32 Å². The van der Waals surface area contributed by atoms with Gasteiger partial charge in [-0.05, 0) is 38.1 Å². The number of pyridine rings is 1. The van der Waals surface area contributed by atoms with E-state index in [0.717, 1.165) is 5.56 Å². The zero-order valence-corrected chi connectivity index (χ0v) is 14.8. The van der Waals surface area contributed by atoms with Crippen LogP contribution < -0.4 is 5.32 Å². The smallest absolute Gasteiger partial charge is 0.270 e. The predicted molar refractivity (Wildman–Crippen MR) is 94.2 cm³/mol. The van der Waals surface area contributed by atoms with Gasteiger partial charge in [-0.2, -0.15) is 4.98 Å². The molecule has 25 heavy (non-hydrogen) atoms. The summed E-state index contributed by atoms with van der Waals surface area (Å²) in [6.07, 6.45) is 0. The number of aryl methyl sites for hydroxylation is 1. The summed E-state index contributed by atoms with van der Waals surface area (Å²) >= 11 is 5.91. The van der Waals surface area contributed by atoms with Crippen molar-refractivity contribution in [1.29, 1.82) is 0 Å². The maximum Gasteiger partial charge on any atom is 0.270 e. The van der Waals surface area contributed by atoms with E-state index in [1.807, 2.05) is 18.2 Å². The topological polar surface area (TPSA) is 80.9 Å². The molecule has 1 amide bonds. The molecule has 0 saturated heterocycles. The van der Waals surface area contributed by atoms with E-state index in [1.54, 1.807) is 45.0 Å². The molecule has 0 aliphatic rings. The summed E-state index contributed by atoms with van der Waals surface area (Å²) in [5.74, 6) is 0.538. The van der Waals surface area contributed by atoms with E-state index in [0.29, 0.717) is 28.1 Å². The lowest BCUT2D eigenvalue weighted by Gasteiger charge is -2.22. The average Bonchev–Trinajstić information content (AvgIpc) is 3.03. The number of carbonyl (C=O) groups is 1. The molecule has 0 unspecified atom stereocenters. The average molecular weight is 357 g/mol. The summed E-state index contributed by atoms with van der Waals surface area (Å²) in [6, 6.07) is 12.6. The first-order chi connectivity index (χ1) is 11.8. The lowest BCUT2D eigenvalue weighted by molar-refractivity contribution is 0.0902. The van der Waals surface area contributed by atoms with Crippen molar-refractivity contribution >= 4 is 17.5 Å². The second-order valence-electron chi connectivity index (χ2n) is 6.13. The maximum atomic E-state index is 12.6. The minimum absolute atomic E-state index is 0.306. The van der Waals surface area contributed by atoms with Crippen molar-refractivity contribution in [3.05, 3.63) is 64.9 Å². The zero-order chi connectivity index (χ0) is 18.0. The highest BCUT2D eigenvalue weighted by Gasteiger charge is 2.29. The van der Waals surface area contributed by atoms with Gasteiger partial charge in [0.15, 0.2) is 5.82 Å². The molecular weight excluding hydrogens is 340 g/mol. The molecule has 7 heteroatoms.